The Morgan fingerprint density at radius 2 is 2.00 bits per heavy atom. The molecule has 6 nitrogen and oxygen atoms in total. The summed E-state index contributed by atoms with van der Waals surface area (Å²) >= 11 is 0. The first kappa shape index (κ1) is 19.2. The van der Waals surface area contributed by atoms with E-state index in [0.29, 0.717) is 23.2 Å². The van der Waals surface area contributed by atoms with E-state index in [1.165, 1.54) is 0 Å². The number of ether oxygens (including phenoxy) is 1. The third kappa shape index (κ3) is 4.31. The summed E-state index contributed by atoms with van der Waals surface area (Å²) in [7, 11) is 0. The molecule has 150 valence electrons. The van der Waals surface area contributed by atoms with Crippen LogP contribution in [0.3, 0.4) is 0 Å². The highest BCUT2D eigenvalue weighted by atomic mass is 16.5. The number of nitrogens with one attached hydrogen (secondary N) is 1. The Bertz CT molecular complexity index is 1080. The molecule has 0 unspecified atom stereocenters. The Labute approximate surface area is 169 Å². The first-order valence-electron chi connectivity index (χ1n) is 10.1. The van der Waals surface area contributed by atoms with Gasteiger partial charge in [-0.2, -0.15) is 0 Å². The van der Waals surface area contributed by atoms with Crippen LogP contribution in [0.1, 0.15) is 43.6 Å². The summed E-state index contributed by atoms with van der Waals surface area (Å²) in [5, 5.41) is 3.45. The van der Waals surface area contributed by atoms with Crippen molar-refractivity contribution in [3.8, 4) is 5.75 Å². The van der Waals surface area contributed by atoms with Gasteiger partial charge in [0.25, 0.3) is 11.5 Å². The van der Waals surface area contributed by atoms with Crippen molar-refractivity contribution in [3.05, 3.63) is 70.3 Å². The van der Waals surface area contributed by atoms with Crippen LogP contribution in [0.5, 0.6) is 5.75 Å². The molecule has 0 radical (unpaired) electrons. The molecule has 6 heteroatoms. The van der Waals surface area contributed by atoms with Gasteiger partial charge in [-0.15, -0.1) is 0 Å². The highest BCUT2D eigenvalue weighted by Gasteiger charge is 2.15. The Balaban J connectivity index is 1.46. The van der Waals surface area contributed by atoms with E-state index in [1.54, 1.807) is 22.8 Å². The molecular weight excluding hydrogens is 366 g/mol. The van der Waals surface area contributed by atoms with E-state index in [9.17, 15) is 9.59 Å². The third-order valence-electron chi connectivity index (χ3n) is 5.33. The third-order valence-corrected chi connectivity index (χ3v) is 5.33. The van der Waals surface area contributed by atoms with Crippen LogP contribution in [0, 0.1) is 0 Å². The maximum absolute atomic E-state index is 12.9. The number of benzene rings is 2. The van der Waals surface area contributed by atoms with Crippen LogP contribution in [0.4, 0.5) is 0 Å². The van der Waals surface area contributed by atoms with Gasteiger partial charge in [-0.1, -0.05) is 36.8 Å². The number of hydrogen-bond acceptors (Lipinski definition) is 4. The van der Waals surface area contributed by atoms with Crippen LogP contribution in [-0.4, -0.2) is 22.1 Å². The smallest absolute Gasteiger partial charge is 0.261 e. The second-order valence-electron chi connectivity index (χ2n) is 7.46. The number of hydrogen-bond donors (Lipinski definition) is 1. The van der Waals surface area contributed by atoms with E-state index >= 15 is 0 Å². The molecule has 0 bridgehead atoms. The van der Waals surface area contributed by atoms with Crippen LogP contribution >= 0.6 is 0 Å². The highest BCUT2D eigenvalue weighted by molar-refractivity contribution is 5.80. The quantitative estimate of drug-likeness (QED) is 0.724. The minimum atomic E-state index is -0.210. The molecule has 2 aromatic carbocycles. The Morgan fingerprint density at radius 3 is 2.83 bits per heavy atom. The molecule has 0 saturated heterocycles. The maximum atomic E-state index is 12.9. The SMILES string of the molecule is C[C@H](NC(=O)COc1ccc2nc3n(c(=O)c2c1)CCCCC3)c1ccccc1. The number of carbonyl (C=O) groups excluding carboxylic acids is 1. The van der Waals surface area contributed by atoms with E-state index < -0.39 is 0 Å². The van der Waals surface area contributed by atoms with Crippen molar-refractivity contribution in [1.82, 2.24) is 14.9 Å². The van der Waals surface area contributed by atoms with Gasteiger partial charge in [0, 0.05) is 13.0 Å². The van der Waals surface area contributed by atoms with Crippen molar-refractivity contribution in [1.29, 1.82) is 0 Å². The number of carbonyl (C=O) groups is 1. The Morgan fingerprint density at radius 1 is 1.17 bits per heavy atom. The van der Waals surface area contributed by atoms with Crippen molar-refractivity contribution in [3.63, 3.8) is 0 Å². The van der Waals surface area contributed by atoms with Crippen LogP contribution in [0.15, 0.2) is 53.3 Å². The van der Waals surface area contributed by atoms with E-state index in [-0.39, 0.29) is 24.1 Å². The fourth-order valence-corrected chi connectivity index (χ4v) is 3.74. The van der Waals surface area contributed by atoms with E-state index in [0.717, 1.165) is 37.1 Å². The Hall–Kier alpha value is -3.15. The summed E-state index contributed by atoms with van der Waals surface area (Å²) in [6.07, 6.45) is 4.01. The average molecular weight is 391 g/mol. The maximum Gasteiger partial charge on any atom is 0.261 e. The minimum Gasteiger partial charge on any atom is -0.484 e. The van der Waals surface area contributed by atoms with E-state index in [2.05, 4.69) is 10.3 Å². The fraction of sp³-hybridized carbons (Fsp3) is 0.348. The monoisotopic (exact) mass is 391 g/mol. The molecule has 0 spiro atoms. The number of aromatic nitrogens is 2. The van der Waals surface area contributed by atoms with Gasteiger partial charge < -0.3 is 10.1 Å². The molecule has 0 saturated carbocycles. The number of amides is 1. The lowest BCUT2D eigenvalue weighted by molar-refractivity contribution is -0.123. The molecule has 29 heavy (non-hydrogen) atoms. The van der Waals surface area contributed by atoms with Crippen molar-refractivity contribution in [2.75, 3.05) is 6.61 Å². The van der Waals surface area contributed by atoms with E-state index in [4.69, 9.17) is 4.74 Å². The molecule has 0 fully saturated rings. The standard InChI is InChI=1S/C23H25N3O3/c1-16(17-8-4-2-5-9-17)24-22(27)15-29-18-11-12-20-19(14-18)23(28)26-13-7-3-6-10-21(26)25-20/h2,4-5,8-9,11-12,14,16H,3,6-7,10,13,15H2,1H3,(H,24,27)/t16-/m0/s1. The number of nitrogens with zero attached hydrogens (tertiary/aromatic N) is 2. The predicted molar refractivity (Wildman–Crippen MR) is 112 cm³/mol. The van der Waals surface area contributed by atoms with Crippen molar-refractivity contribution >= 4 is 16.8 Å². The van der Waals surface area contributed by atoms with Crippen LogP contribution < -0.4 is 15.6 Å². The fourth-order valence-electron chi connectivity index (χ4n) is 3.74. The molecular formula is C23H25N3O3. The van der Waals surface area contributed by atoms with Crippen LogP contribution in [0.2, 0.25) is 0 Å². The summed E-state index contributed by atoms with van der Waals surface area (Å²) in [5.41, 5.74) is 1.68. The molecule has 2 heterocycles. The molecule has 1 N–H and O–H groups in total. The van der Waals surface area contributed by atoms with Gasteiger partial charge >= 0.3 is 0 Å². The lowest BCUT2D eigenvalue weighted by Gasteiger charge is -2.15. The molecule has 1 amide bonds. The average Bonchev–Trinajstić information content (AvgIpc) is 2.99. The van der Waals surface area contributed by atoms with Gasteiger partial charge in [0.1, 0.15) is 11.6 Å². The number of aryl methyl sites for hydroxylation is 1. The molecule has 1 atom stereocenters. The Kier molecular flexibility index (Phi) is 5.60. The number of fused-ring (bicyclic) bond motifs is 2. The van der Waals surface area contributed by atoms with E-state index in [1.807, 2.05) is 37.3 Å². The van der Waals surface area contributed by atoms with Gasteiger partial charge in [0.2, 0.25) is 0 Å². The highest BCUT2D eigenvalue weighted by Crippen LogP contribution is 2.20. The zero-order valence-electron chi connectivity index (χ0n) is 16.6. The summed E-state index contributed by atoms with van der Waals surface area (Å²) in [6.45, 7) is 2.53. The van der Waals surface area contributed by atoms with Gasteiger partial charge in [0.05, 0.1) is 16.9 Å². The summed E-state index contributed by atoms with van der Waals surface area (Å²) in [6, 6.07) is 14.9. The van der Waals surface area contributed by atoms with Gasteiger partial charge in [-0.25, -0.2) is 4.98 Å². The zero-order chi connectivity index (χ0) is 20.2. The van der Waals surface area contributed by atoms with Crippen LogP contribution in [0.25, 0.3) is 10.9 Å². The lowest BCUT2D eigenvalue weighted by atomic mass is 10.1. The number of rotatable bonds is 5. The molecule has 4 rings (SSSR count). The minimum absolute atomic E-state index is 0.0282. The summed E-state index contributed by atoms with van der Waals surface area (Å²) in [5.74, 6) is 1.15. The molecule has 3 aromatic rings. The first-order chi connectivity index (χ1) is 14.1. The zero-order valence-corrected chi connectivity index (χ0v) is 16.6. The largest absolute Gasteiger partial charge is 0.484 e. The second kappa shape index (κ2) is 8.47. The summed E-state index contributed by atoms with van der Waals surface area (Å²) < 4.78 is 7.43. The second-order valence-corrected chi connectivity index (χ2v) is 7.46. The van der Waals surface area contributed by atoms with Gasteiger partial charge in [0.15, 0.2) is 6.61 Å². The first-order valence-corrected chi connectivity index (χ1v) is 10.1. The van der Waals surface area contributed by atoms with Crippen LogP contribution in [-0.2, 0) is 17.8 Å². The summed E-state index contributed by atoms with van der Waals surface area (Å²) in [4.78, 5) is 29.8. The van der Waals surface area contributed by atoms with Gasteiger partial charge in [-0.05, 0) is 43.5 Å². The molecule has 0 aliphatic carbocycles. The molecule has 1 aliphatic rings. The van der Waals surface area contributed by atoms with Crippen molar-refractivity contribution < 1.29 is 9.53 Å². The lowest BCUT2D eigenvalue weighted by Crippen LogP contribution is -2.31. The predicted octanol–water partition coefficient (Wildman–Crippen LogP) is 3.38. The topological polar surface area (TPSA) is 73.2 Å². The van der Waals surface area contributed by atoms with Crippen molar-refractivity contribution in [2.24, 2.45) is 0 Å². The molecule has 1 aromatic heterocycles. The normalized spacial score (nSPS) is 14.7. The van der Waals surface area contributed by atoms with Crippen molar-refractivity contribution in [2.45, 2.75) is 45.2 Å². The molecule has 1 aliphatic heterocycles. The van der Waals surface area contributed by atoms with Gasteiger partial charge in [-0.3, -0.25) is 14.2 Å².